The molecule has 3 N–H and O–H groups in total. The van der Waals surface area contributed by atoms with Gasteiger partial charge >= 0.3 is 0 Å². The number of amides is 3. The third-order valence-electron chi connectivity index (χ3n) is 12.1. The Morgan fingerprint density at radius 1 is 1.05 bits per heavy atom. The first-order chi connectivity index (χ1) is 27.1. The Bertz CT molecular complexity index is 1990. The zero-order valence-corrected chi connectivity index (χ0v) is 32.4. The Kier molecular flexibility index (Phi) is 11.9. The number of alkyl halides is 1. The van der Waals surface area contributed by atoms with E-state index in [4.69, 9.17) is 9.47 Å². The maximum absolute atomic E-state index is 14.4. The van der Waals surface area contributed by atoms with E-state index in [1.807, 2.05) is 26.0 Å². The number of carbonyl (C=O) groups is 3. The molecule has 3 amide bonds. The largest absolute Gasteiger partial charge is 0.496 e. The number of rotatable bonds is 10. The third-order valence-corrected chi connectivity index (χ3v) is 12.1. The number of methoxy groups -OCH3 is 1. The molecule has 56 heavy (non-hydrogen) atoms. The number of ether oxygens (including phenoxy) is 2. The molecule has 1 spiro atoms. The summed E-state index contributed by atoms with van der Waals surface area (Å²) >= 11 is 0. The van der Waals surface area contributed by atoms with Crippen LogP contribution >= 0.6 is 0 Å². The molecule has 1 aromatic carbocycles. The molecule has 4 saturated heterocycles. The second kappa shape index (κ2) is 17.0. The Morgan fingerprint density at radius 3 is 2.46 bits per heavy atom. The number of benzene rings is 1. The van der Waals surface area contributed by atoms with Gasteiger partial charge in [0.25, 0.3) is 11.8 Å². The summed E-state index contributed by atoms with van der Waals surface area (Å²) in [5.74, 6) is 6.77. The van der Waals surface area contributed by atoms with Gasteiger partial charge in [0.15, 0.2) is 6.17 Å². The highest BCUT2D eigenvalue weighted by Crippen LogP contribution is 2.42. The van der Waals surface area contributed by atoms with Crippen LogP contribution < -0.4 is 25.0 Å². The number of hydrogen-bond donors (Lipinski definition) is 3. The van der Waals surface area contributed by atoms with Crippen LogP contribution in [0.2, 0.25) is 0 Å². The van der Waals surface area contributed by atoms with Gasteiger partial charge in [0.2, 0.25) is 17.7 Å². The van der Waals surface area contributed by atoms with Crippen molar-refractivity contribution in [3.05, 3.63) is 47.4 Å². The molecule has 4 fully saturated rings. The van der Waals surface area contributed by atoms with Gasteiger partial charge < -0.3 is 35.0 Å². The number of aliphatic hydroxyl groups is 1. The number of aryl methyl sites for hydroxylation is 1. The van der Waals surface area contributed by atoms with Gasteiger partial charge in [-0.15, -0.1) is 0 Å². The fourth-order valence-corrected chi connectivity index (χ4v) is 8.43. The lowest BCUT2D eigenvalue weighted by molar-refractivity contribution is -0.129. The van der Waals surface area contributed by atoms with Crippen LogP contribution in [0, 0.1) is 30.1 Å². The van der Waals surface area contributed by atoms with Gasteiger partial charge in [-0.05, 0) is 81.6 Å². The van der Waals surface area contributed by atoms with E-state index in [9.17, 15) is 23.9 Å². The number of likely N-dealkylation sites (tertiary alicyclic amines) is 2. The van der Waals surface area contributed by atoms with Gasteiger partial charge in [-0.3, -0.25) is 19.3 Å². The first-order valence-corrected chi connectivity index (χ1v) is 19.6. The fraction of sp³-hybridized carbons (Fsp3) is 0.561. The van der Waals surface area contributed by atoms with Crippen LogP contribution in [0.3, 0.4) is 0 Å². The molecule has 7 rings (SSSR count). The summed E-state index contributed by atoms with van der Waals surface area (Å²) in [4.78, 5) is 56.6. The smallest absolute Gasteiger partial charge is 0.255 e. The number of anilines is 1. The summed E-state index contributed by atoms with van der Waals surface area (Å²) in [5, 5.41) is 16.6. The molecule has 4 unspecified atom stereocenters. The van der Waals surface area contributed by atoms with E-state index in [1.165, 1.54) is 12.4 Å². The van der Waals surface area contributed by atoms with Crippen molar-refractivity contribution in [2.75, 3.05) is 71.0 Å². The molecule has 298 valence electrons. The molecule has 15 heteroatoms. The molecule has 0 aliphatic carbocycles. The van der Waals surface area contributed by atoms with Gasteiger partial charge in [-0.2, -0.15) is 0 Å². The molecular weight excluding hydrogens is 719 g/mol. The van der Waals surface area contributed by atoms with E-state index in [1.54, 1.807) is 18.2 Å². The minimum absolute atomic E-state index is 0.113. The van der Waals surface area contributed by atoms with Crippen molar-refractivity contribution < 1.29 is 33.4 Å². The highest BCUT2D eigenvalue weighted by atomic mass is 19.1. The monoisotopic (exact) mass is 770 g/mol. The van der Waals surface area contributed by atoms with Crippen molar-refractivity contribution in [1.29, 1.82) is 0 Å². The molecule has 3 aromatic rings. The SMILES string of the molecule is CCC1C(COc2ncc(C#CCN3CCC4(CC3)CCN(c3ncc(C(=O)NCC(=O)N5CCC(O)C5)cn3)CC4)c3cc(C)c(OC)cc23)NC(=O)C1F. The van der Waals surface area contributed by atoms with Crippen molar-refractivity contribution in [2.24, 2.45) is 11.3 Å². The maximum Gasteiger partial charge on any atom is 0.255 e. The number of pyridine rings is 1. The second-order valence-corrected chi connectivity index (χ2v) is 15.5. The van der Waals surface area contributed by atoms with Crippen LogP contribution in [0.15, 0.2) is 30.7 Å². The van der Waals surface area contributed by atoms with Crippen molar-refractivity contribution in [3.8, 4) is 23.5 Å². The van der Waals surface area contributed by atoms with E-state index < -0.39 is 36.0 Å². The molecule has 0 bridgehead atoms. The predicted molar refractivity (Wildman–Crippen MR) is 207 cm³/mol. The molecule has 0 radical (unpaired) electrons. The van der Waals surface area contributed by atoms with E-state index in [-0.39, 0.29) is 24.5 Å². The summed E-state index contributed by atoms with van der Waals surface area (Å²) in [6.07, 6.45) is 8.05. The summed E-state index contributed by atoms with van der Waals surface area (Å²) in [6, 6.07) is 3.49. The first-order valence-electron chi connectivity index (χ1n) is 19.6. The van der Waals surface area contributed by atoms with Crippen molar-refractivity contribution in [1.82, 2.24) is 35.4 Å². The topological polar surface area (TPSA) is 162 Å². The first kappa shape index (κ1) is 39.2. The number of piperidine rings is 2. The number of halogens is 1. The van der Waals surface area contributed by atoms with E-state index in [2.05, 4.69) is 47.2 Å². The summed E-state index contributed by atoms with van der Waals surface area (Å²) in [7, 11) is 1.62. The van der Waals surface area contributed by atoms with Gasteiger partial charge in [0.1, 0.15) is 12.4 Å². The average Bonchev–Trinajstić information content (AvgIpc) is 3.78. The van der Waals surface area contributed by atoms with E-state index >= 15 is 0 Å². The second-order valence-electron chi connectivity index (χ2n) is 15.5. The molecule has 14 nitrogen and oxygen atoms in total. The predicted octanol–water partition coefficient (Wildman–Crippen LogP) is 2.64. The fourth-order valence-electron chi connectivity index (χ4n) is 8.43. The molecule has 2 aromatic heterocycles. The van der Waals surface area contributed by atoms with Gasteiger partial charge in [-0.1, -0.05) is 18.8 Å². The number of carbonyl (C=O) groups excluding carboxylic acids is 3. The van der Waals surface area contributed by atoms with E-state index in [0.717, 1.165) is 73.8 Å². The molecule has 4 atom stereocenters. The normalized spacial score (nSPS) is 23.5. The molecule has 6 heterocycles. The lowest BCUT2D eigenvalue weighted by Gasteiger charge is -2.46. The summed E-state index contributed by atoms with van der Waals surface area (Å²) in [5.41, 5.74) is 2.31. The lowest BCUT2D eigenvalue weighted by Crippen LogP contribution is -2.47. The molecule has 0 saturated carbocycles. The Morgan fingerprint density at radius 2 is 1.79 bits per heavy atom. The zero-order chi connectivity index (χ0) is 39.4. The van der Waals surface area contributed by atoms with Gasteiger partial charge in [0, 0.05) is 61.5 Å². The van der Waals surface area contributed by atoms with Crippen LogP contribution in [0.1, 0.15) is 66.9 Å². The van der Waals surface area contributed by atoms with Gasteiger partial charge in [0.05, 0.1) is 43.5 Å². The average molecular weight is 771 g/mol. The number of aromatic nitrogens is 3. The minimum Gasteiger partial charge on any atom is -0.496 e. The standard InChI is InChI=1S/C41H51FN8O6/c1-4-30-33(47-38(54)36(30)42)25-56-39-32-19-34(55-3)26(2)18-31(32)27(20-44-39)6-5-12-48-14-8-41(9-15-48)10-16-49(17-11-41)40-45-21-28(22-46-40)37(53)43-23-35(52)50-13-7-29(51)24-50/h18-22,29-30,33,36,51H,4,7-17,23-25H2,1-3H3,(H,43,53)(H,47,54). The van der Waals surface area contributed by atoms with Gasteiger partial charge in [-0.25, -0.2) is 19.3 Å². The van der Waals surface area contributed by atoms with E-state index in [0.29, 0.717) is 55.6 Å². The molecule has 4 aliphatic heterocycles. The highest BCUT2D eigenvalue weighted by Gasteiger charge is 2.42. The zero-order valence-electron chi connectivity index (χ0n) is 32.4. The number of nitrogens with one attached hydrogen (secondary N) is 2. The number of fused-ring (bicyclic) bond motifs is 1. The number of β-amino-alcohol motifs (C(OH)–C–C–N with tert-alkyl or cyclic N) is 1. The minimum atomic E-state index is -1.53. The van der Waals surface area contributed by atoms with Crippen molar-refractivity contribution in [2.45, 2.75) is 70.7 Å². The Balaban J connectivity index is 0.901. The highest BCUT2D eigenvalue weighted by molar-refractivity contribution is 5.96. The Labute approximate surface area is 326 Å². The number of aliphatic hydroxyl groups excluding tert-OH is 1. The van der Waals surface area contributed by atoms with Crippen LogP contribution in [0.4, 0.5) is 10.3 Å². The quantitative estimate of drug-likeness (QED) is 0.260. The number of hydrogen-bond acceptors (Lipinski definition) is 11. The van der Waals surface area contributed by atoms with Crippen molar-refractivity contribution >= 4 is 34.4 Å². The van der Waals surface area contributed by atoms with Crippen LogP contribution in [-0.4, -0.2) is 132 Å². The third kappa shape index (κ3) is 8.51. The van der Waals surface area contributed by atoms with Crippen LogP contribution in [-0.2, 0) is 9.59 Å². The van der Waals surface area contributed by atoms with Crippen molar-refractivity contribution in [3.63, 3.8) is 0 Å². The van der Waals surface area contributed by atoms with Crippen LogP contribution in [0.25, 0.3) is 10.8 Å². The molecule has 4 aliphatic rings. The summed E-state index contributed by atoms with van der Waals surface area (Å²) in [6.45, 7) is 8.89. The molecular formula is C41H51FN8O6. The van der Waals surface area contributed by atoms with Crippen LogP contribution in [0.5, 0.6) is 11.6 Å². The lowest BCUT2D eigenvalue weighted by atomic mass is 9.71. The number of nitrogens with zero attached hydrogens (tertiary/aromatic N) is 6. The Hall–Kier alpha value is -5.07. The summed E-state index contributed by atoms with van der Waals surface area (Å²) < 4.78 is 26.1. The maximum atomic E-state index is 14.4.